The van der Waals surface area contributed by atoms with Gasteiger partial charge < -0.3 is 10.2 Å². The Morgan fingerprint density at radius 1 is 1.11 bits per heavy atom. The minimum atomic E-state index is -0.235. The maximum atomic E-state index is 12.9. The quantitative estimate of drug-likeness (QED) is 0.804. The molecule has 27 heavy (non-hydrogen) atoms. The summed E-state index contributed by atoms with van der Waals surface area (Å²) < 4.78 is 0. The highest BCUT2D eigenvalue weighted by Gasteiger charge is 2.49. The molecule has 0 aromatic heterocycles. The lowest BCUT2D eigenvalue weighted by Crippen LogP contribution is -2.33. The standard InChI is InChI=1S/C23H28N2O2/c1-5-25(19-8-6-7-16(4)13-19)23(27)21-14-20(21)22(26)24-18-11-9-17(10-12-18)15(2)3/h6-13,15,20-21H,5,14H2,1-4H3,(H,24,26). The number of nitrogens with zero attached hydrogens (tertiary/aromatic N) is 1. The van der Waals surface area contributed by atoms with Crippen LogP contribution in [0.5, 0.6) is 0 Å². The second-order valence-electron chi connectivity index (χ2n) is 7.64. The van der Waals surface area contributed by atoms with Crippen LogP contribution in [-0.2, 0) is 9.59 Å². The van der Waals surface area contributed by atoms with Crippen LogP contribution in [0.1, 0.15) is 44.2 Å². The number of aryl methyl sites for hydroxylation is 1. The van der Waals surface area contributed by atoms with Crippen LogP contribution in [0.15, 0.2) is 48.5 Å². The van der Waals surface area contributed by atoms with E-state index in [4.69, 9.17) is 0 Å². The summed E-state index contributed by atoms with van der Waals surface area (Å²) in [4.78, 5) is 27.2. The molecule has 1 saturated carbocycles. The average molecular weight is 364 g/mol. The molecule has 0 heterocycles. The van der Waals surface area contributed by atoms with Gasteiger partial charge in [0.2, 0.25) is 11.8 Å². The Hall–Kier alpha value is -2.62. The molecule has 2 aromatic rings. The van der Waals surface area contributed by atoms with E-state index >= 15 is 0 Å². The molecule has 0 saturated heterocycles. The molecule has 0 spiro atoms. The summed E-state index contributed by atoms with van der Waals surface area (Å²) in [5, 5.41) is 2.95. The van der Waals surface area contributed by atoms with Gasteiger partial charge in [0, 0.05) is 17.9 Å². The topological polar surface area (TPSA) is 49.4 Å². The van der Waals surface area contributed by atoms with Crippen molar-refractivity contribution in [3.8, 4) is 0 Å². The molecule has 2 aromatic carbocycles. The largest absolute Gasteiger partial charge is 0.326 e. The second kappa shape index (κ2) is 7.95. The summed E-state index contributed by atoms with van der Waals surface area (Å²) in [6, 6.07) is 15.9. The van der Waals surface area contributed by atoms with Crippen LogP contribution in [0.3, 0.4) is 0 Å². The van der Waals surface area contributed by atoms with Crippen LogP contribution >= 0.6 is 0 Å². The van der Waals surface area contributed by atoms with E-state index in [2.05, 4.69) is 19.2 Å². The Kier molecular flexibility index (Phi) is 5.64. The zero-order valence-electron chi connectivity index (χ0n) is 16.5. The van der Waals surface area contributed by atoms with Gasteiger partial charge >= 0.3 is 0 Å². The van der Waals surface area contributed by atoms with Crippen LogP contribution in [0, 0.1) is 18.8 Å². The number of nitrogens with one attached hydrogen (secondary N) is 1. The van der Waals surface area contributed by atoms with Crippen molar-refractivity contribution in [2.75, 3.05) is 16.8 Å². The van der Waals surface area contributed by atoms with Crippen molar-refractivity contribution in [1.29, 1.82) is 0 Å². The van der Waals surface area contributed by atoms with Crippen LogP contribution in [0.4, 0.5) is 11.4 Å². The first-order valence-corrected chi connectivity index (χ1v) is 9.69. The third kappa shape index (κ3) is 4.38. The van der Waals surface area contributed by atoms with Gasteiger partial charge in [0.1, 0.15) is 0 Å². The van der Waals surface area contributed by atoms with Gasteiger partial charge in [-0.25, -0.2) is 0 Å². The molecule has 2 amide bonds. The van der Waals surface area contributed by atoms with Gasteiger partial charge in [-0.3, -0.25) is 9.59 Å². The predicted molar refractivity (Wildman–Crippen MR) is 110 cm³/mol. The van der Waals surface area contributed by atoms with E-state index in [9.17, 15) is 9.59 Å². The fourth-order valence-electron chi connectivity index (χ4n) is 3.41. The Labute approximate surface area is 161 Å². The van der Waals surface area contributed by atoms with Gasteiger partial charge in [-0.15, -0.1) is 0 Å². The van der Waals surface area contributed by atoms with Gasteiger partial charge in [0.15, 0.2) is 0 Å². The van der Waals surface area contributed by atoms with Crippen LogP contribution in [0.2, 0.25) is 0 Å². The maximum absolute atomic E-state index is 12.9. The van der Waals surface area contributed by atoms with Crippen molar-refractivity contribution >= 4 is 23.2 Å². The normalized spacial score (nSPS) is 18.3. The average Bonchev–Trinajstić information content (AvgIpc) is 3.44. The first kappa shape index (κ1) is 19.2. The molecule has 4 nitrogen and oxygen atoms in total. The van der Waals surface area contributed by atoms with E-state index in [-0.39, 0.29) is 23.7 Å². The molecule has 0 bridgehead atoms. The van der Waals surface area contributed by atoms with E-state index < -0.39 is 0 Å². The third-order valence-electron chi connectivity index (χ3n) is 5.18. The number of benzene rings is 2. The number of carbonyl (C=O) groups is 2. The van der Waals surface area contributed by atoms with Crippen molar-refractivity contribution in [1.82, 2.24) is 0 Å². The highest BCUT2D eigenvalue weighted by Crippen LogP contribution is 2.41. The van der Waals surface area contributed by atoms with Gasteiger partial charge in [0.05, 0.1) is 11.8 Å². The minimum absolute atomic E-state index is 0.0402. The maximum Gasteiger partial charge on any atom is 0.230 e. The highest BCUT2D eigenvalue weighted by molar-refractivity contribution is 6.04. The van der Waals surface area contributed by atoms with E-state index in [1.54, 1.807) is 4.90 Å². The number of anilines is 2. The lowest BCUT2D eigenvalue weighted by Gasteiger charge is -2.21. The summed E-state index contributed by atoms with van der Waals surface area (Å²) in [5.41, 5.74) is 4.05. The first-order valence-electron chi connectivity index (χ1n) is 9.69. The Morgan fingerprint density at radius 3 is 2.41 bits per heavy atom. The van der Waals surface area contributed by atoms with Crippen molar-refractivity contribution in [2.45, 2.75) is 40.0 Å². The van der Waals surface area contributed by atoms with Crippen molar-refractivity contribution in [3.05, 3.63) is 59.7 Å². The molecule has 1 fully saturated rings. The molecule has 142 valence electrons. The highest BCUT2D eigenvalue weighted by atomic mass is 16.2. The van der Waals surface area contributed by atoms with Crippen molar-refractivity contribution < 1.29 is 9.59 Å². The van der Waals surface area contributed by atoms with E-state index in [1.165, 1.54) is 5.56 Å². The number of hydrogen-bond donors (Lipinski definition) is 1. The van der Waals surface area contributed by atoms with Crippen LogP contribution in [-0.4, -0.2) is 18.4 Å². The fraction of sp³-hybridized carbons (Fsp3) is 0.391. The van der Waals surface area contributed by atoms with Crippen LogP contribution < -0.4 is 10.2 Å². The summed E-state index contributed by atoms with van der Waals surface area (Å²) in [6.45, 7) is 8.86. The molecule has 1 aliphatic rings. The number of hydrogen-bond acceptors (Lipinski definition) is 2. The molecular weight excluding hydrogens is 336 g/mol. The lowest BCUT2D eigenvalue weighted by molar-refractivity contribution is -0.123. The molecular formula is C23H28N2O2. The van der Waals surface area contributed by atoms with Crippen molar-refractivity contribution in [3.63, 3.8) is 0 Å². The van der Waals surface area contributed by atoms with Gasteiger partial charge in [0.25, 0.3) is 0 Å². The van der Waals surface area contributed by atoms with Gasteiger partial charge in [-0.1, -0.05) is 38.1 Å². The van der Waals surface area contributed by atoms with E-state index in [1.807, 2.05) is 62.4 Å². The zero-order chi connectivity index (χ0) is 19.6. The lowest BCUT2D eigenvalue weighted by atomic mass is 10.0. The molecule has 1 aliphatic carbocycles. The number of rotatable bonds is 6. The molecule has 0 radical (unpaired) electrons. The Balaban J connectivity index is 1.62. The summed E-state index contributed by atoms with van der Waals surface area (Å²) >= 11 is 0. The number of amides is 2. The van der Waals surface area contributed by atoms with Gasteiger partial charge in [-0.05, 0) is 61.6 Å². The minimum Gasteiger partial charge on any atom is -0.326 e. The van der Waals surface area contributed by atoms with E-state index in [0.717, 1.165) is 16.9 Å². The molecule has 0 aliphatic heterocycles. The zero-order valence-corrected chi connectivity index (χ0v) is 16.5. The fourth-order valence-corrected chi connectivity index (χ4v) is 3.41. The monoisotopic (exact) mass is 364 g/mol. The molecule has 1 N–H and O–H groups in total. The van der Waals surface area contributed by atoms with Crippen molar-refractivity contribution in [2.24, 2.45) is 11.8 Å². The van der Waals surface area contributed by atoms with E-state index in [0.29, 0.717) is 18.9 Å². The summed E-state index contributed by atoms with van der Waals surface area (Å²) in [6.07, 6.45) is 0.622. The predicted octanol–water partition coefficient (Wildman–Crippen LogP) is 4.75. The summed E-state index contributed by atoms with van der Waals surface area (Å²) in [5.74, 6) is -0.0206. The Bertz CT molecular complexity index is 827. The second-order valence-corrected chi connectivity index (χ2v) is 7.64. The SMILES string of the molecule is CCN(C(=O)C1CC1C(=O)Nc1ccc(C(C)C)cc1)c1cccc(C)c1. The molecule has 3 rings (SSSR count). The molecule has 2 unspecified atom stereocenters. The smallest absolute Gasteiger partial charge is 0.230 e. The first-order chi connectivity index (χ1) is 12.9. The molecule has 4 heteroatoms. The van der Waals surface area contributed by atoms with Crippen LogP contribution in [0.25, 0.3) is 0 Å². The molecule has 2 atom stereocenters. The number of carbonyl (C=O) groups excluding carboxylic acids is 2. The van der Waals surface area contributed by atoms with Gasteiger partial charge in [-0.2, -0.15) is 0 Å². The Morgan fingerprint density at radius 2 is 1.81 bits per heavy atom. The third-order valence-corrected chi connectivity index (χ3v) is 5.18. The summed E-state index contributed by atoms with van der Waals surface area (Å²) in [7, 11) is 0.